The molecule has 0 saturated carbocycles. The second-order valence-corrected chi connectivity index (χ2v) is 2.74. The third-order valence-corrected chi connectivity index (χ3v) is 1.73. The molecule has 78 valence electrons. The minimum atomic E-state index is -0.870. The van der Waals surface area contributed by atoms with Crippen LogP contribution < -0.4 is 5.73 Å². The van der Waals surface area contributed by atoms with Crippen molar-refractivity contribution in [2.75, 3.05) is 14.2 Å². The van der Waals surface area contributed by atoms with Crippen molar-refractivity contribution in [3.63, 3.8) is 0 Å². The van der Waals surface area contributed by atoms with E-state index in [-0.39, 0.29) is 0 Å². The number of carbonyl (C=O) groups excluding carboxylic acids is 1. The molecule has 1 unspecified atom stereocenters. The number of ether oxygens (including phenoxy) is 2. The molecule has 14 heavy (non-hydrogen) atoms. The largest absolute Gasteiger partial charge is 0.468 e. The van der Waals surface area contributed by atoms with Gasteiger partial charge in [0.2, 0.25) is 0 Å². The van der Waals surface area contributed by atoms with Crippen LogP contribution in [0.1, 0.15) is 17.6 Å². The van der Waals surface area contributed by atoms with Gasteiger partial charge in [-0.05, 0) is 12.1 Å². The highest BCUT2D eigenvalue weighted by molar-refractivity contribution is 5.76. The van der Waals surface area contributed by atoms with Crippen LogP contribution in [0.15, 0.2) is 16.5 Å². The number of rotatable bonds is 4. The molecule has 0 aliphatic heterocycles. The van der Waals surface area contributed by atoms with E-state index in [0.717, 1.165) is 0 Å². The Labute approximate surface area is 81.8 Å². The molecule has 0 aliphatic rings. The first-order chi connectivity index (χ1) is 6.69. The maximum absolute atomic E-state index is 11.0. The summed E-state index contributed by atoms with van der Waals surface area (Å²) in [4.78, 5) is 11.0. The SMILES string of the molecule is COCc1ccc(C(N)C(=O)OC)o1. The zero-order chi connectivity index (χ0) is 10.6. The predicted molar refractivity (Wildman–Crippen MR) is 48.4 cm³/mol. The summed E-state index contributed by atoms with van der Waals surface area (Å²) in [6, 6.07) is 2.48. The number of nitrogens with two attached hydrogens (primary N) is 1. The van der Waals surface area contributed by atoms with Crippen molar-refractivity contribution >= 4 is 5.97 Å². The van der Waals surface area contributed by atoms with Gasteiger partial charge in [0, 0.05) is 7.11 Å². The molecular formula is C9H13NO4. The molecule has 0 aromatic carbocycles. The van der Waals surface area contributed by atoms with E-state index in [1.807, 2.05) is 0 Å². The van der Waals surface area contributed by atoms with Gasteiger partial charge in [0.1, 0.15) is 18.1 Å². The molecule has 1 rings (SSSR count). The standard InChI is InChI=1S/C9H13NO4/c1-12-5-6-3-4-7(14-6)8(10)9(11)13-2/h3-4,8H,5,10H2,1-2H3. The lowest BCUT2D eigenvalue weighted by Crippen LogP contribution is -2.21. The summed E-state index contributed by atoms with van der Waals surface area (Å²) in [7, 11) is 2.84. The van der Waals surface area contributed by atoms with E-state index in [1.165, 1.54) is 7.11 Å². The molecule has 0 radical (unpaired) electrons. The fourth-order valence-electron chi connectivity index (χ4n) is 1.02. The average molecular weight is 199 g/mol. The van der Waals surface area contributed by atoms with Crippen molar-refractivity contribution in [1.82, 2.24) is 0 Å². The lowest BCUT2D eigenvalue weighted by atomic mass is 10.2. The molecule has 1 atom stereocenters. The van der Waals surface area contributed by atoms with Gasteiger partial charge in [0.15, 0.2) is 6.04 Å². The van der Waals surface area contributed by atoms with Crippen LogP contribution in [-0.4, -0.2) is 20.2 Å². The van der Waals surface area contributed by atoms with Crippen molar-refractivity contribution in [3.8, 4) is 0 Å². The summed E-state index contributed by atoms with van der Waals surface area (Å²) >= 11 is 0. The maximum atomic E-state index is 11.0. The number of hydrogen-bond acceptors (Lipinski definition) is 5. The van der Waals surface area contributed by atoms with E-state index in [9.17, 15) is 4.79 Å². The Bertz CT molecular complexity index is 308. The molecule has 5 heteroatoms. The zero-order valence-electron chi connectivity index (χ0n) is 8.15. The quantitative estimate of drug-likeness (QED) is 0.718. The van der Waals surface area contributed by atoms with Crippen molar-refractivity contribution in [3.05, 3.63) is 23.7 Å². The van der Waals surface area contributed by atoms with E-state index < -0.39 is 12.0 Å². The van der Waals surface area contributed by atoms with E-state index in [4.69, 9.17) is 14.9 Å². The monoisotopic (exact) mass is 199 g/mol. The van der Waals surface area contributed by atoms with Crippen LogP contribution in [0.3, 0.4) is 0 Å². The third kappa shape index (κ3) is 2.34. The molecule has 0 fully saturated rings. The van der Waals surface area contributed by atoms with Gasteiger partial charge in [0.25, 0.3) is 0 Å². The maximum Gasteiger partial charge on any atom is 0.330 e. The van der Waals surface area contributed by atoms with Crippen molar-refractivity contribution in [2.45, 2.75) is 12.6 Å². The first-order valence-electron chi connectivity index (χ1n) is 4.10. The van der Waals surface area contributed by atoms with Crippen LogP contribution in [0.4, 0.5) is 0 Å². The van der Waals surface area contributed by atoms with Gasteiger partial charge in [-0.3, -0.25) is 0 Å². The number of esters is 1. The van der Waals surface area contributed by atoms with Crippen LogP contribution in [0, 0.1) is 0 Å². The summed E-state index contributed by atoms with van der Waals surface area (Å²) in [6.45, 7) is 0.355. The fraction of sp³-hybridized carbons (Fsp3) is 0.444. The lowest BCUT2D eigenvalue weighted by molar-refractivity contribution is -0.142. The Morgan fingerprint density at radius 1 is 1.57 bits per heavy atom. The molecule has 0 amide bonds. The minimum absolute atomic E-state index is 0.355. The Balaban J connectivity index is 2.70. The van der Waals surface area contributed by atoms with Crippen molar-refractivity contribution < 1.29 is 18.7 Å². The molecular weight excluding hydrogens is 186 g/mol. The molecule has 2 N–H and O–H groups in total. The van der Waals surface area contributed by atoms with Gasteiger partial charge in [-0.25, -0.2) is 4.79 Å². The Kier molecular flexibility index (Phi) is 3.67. The molecule has 0 aliphatic carbocycles. The molecule has 1 aromatic heterocycles. The number of carbonyl (C=O) groups is 1. The van der Waals surface area contributed by atoms with Crippen LogP contribution in [0.25, 0.3) is 0 Å². The van der Waals surface area contributed by atoms with Gasteiger partial charge in [0.05, 0.1) is 7.11 Å². The Morgan fingerprint density at radius 3 is 2.86 bits per heavy atom. The third-order valence-electron chi connectivity index (χ3n) is 1.73. The minimum Gasteiger partial charge on any atom is -0.468 e. The summed E-state index contributed by atoms with van der Waals surface area (Å²) < 4.78 is 14.6. The van der Waals surface area contributed by atoms with Crippen LogP contribution in [0.5, 0.6) is 0 Å². The highest BCUT2D eigenvalue weighted by Gasteiger charge is 2.19. The van der Waals surface area contributed by atoms with Crippen LogP contribution in [-0.2, 0) is 20.9 Å². The van der Waals surface area contributed by atoms with Crippen molar-refractivity contribution in [1.29, 1.82) is 0 Å². The molecule has 0 spiro atoms. The summed E-state index contributed by atoms with van der Waals surface area (Å²) in [5, 5.41) is 0. The van der Waals surface area contributed by atoms with Crippen molar-refractivity contribution in [2.24, 2.45) is 5.73 Å². The van der Waals surface area contributed by atoms with E-state index >= 15 is 0 Å². The van der Waals surface area contributed by atoms with E-state index in [0.29, 0.717) is 18.1 Å². The number of methoxy groups -OCH3 is 2. The van der Waals surface area contributed by atoms with E-state index in [1.54, 1.807) is 19.2 Å². The van der Waals surface area contributed by atoms with Gasteiger partial charge >= 0.3 is 5.97 Å². The van der Waals surface area contributed by atoms with Crippen LogP contribution >= 0.6 is 0 Å². The Hall–Kier alpha value is -1.33. The van der Waals surface area contributed by atoms with E-state index in [2.05, 4.69) is 4.74 Å². The highest BCUT2D eigenvalue weighted by Crippen LogP contribution is 2.16. The second kappa shape index (κ2) is 4.78. The topological polar surface area (TPSA) is 74.7 Å². The number of furan rings is 1. The van der Waals surface area contributed by atoms with Gasteiger partial charge < -0.3 is 19.6 Å². The first-order valence-corrected chi connectivity index (χ1v) is 4.10. The lowest BCUT2D eigenvalue weighted by Gasteiger charge is -2.05. The predicted octanol–water partition coefficient (Wildman–Crippen LogP) is 0.599. The molecule has 5 nitrogen and oxygen atoms in total. The molecule has 1 heterocycles. The van der Waals surface area contributed by atoms with Crippen LogP contribution in [0.2, 0.25) is 0 Å². The highest BCUT2D eigenvalue weighted by atomic mass is 16.5. The van der Waals surface area contributed by atoms with Gasteiger partial charge in [-0.2, -0.15) is 0 Å². The molecule has 0 saturated heterocycles. The summed E-state index contributed by atoms with van der Waals surface area (Å²) in [5.74, 6) is 0.481. The summed E-state index contributed by atoms with van der Waals surface area (Å²) in [6.07, 6.45) is 0. The summed E-state index contributed by atoms with van der Waals surface area (Å²) in [5.41, 5.74) is 5.55. The molecule has 1 aromatic rings. The smallest absolute Gasteiger partial charge is 0.330 e. The molecule has 0 bridgehead atoms. The normalized spacial score (nSPS) is 12.5. The first kappa shape index (κ1) is 10.7. The second-order valence-electron chi connectivity index (χ2n) is 2.74. The average Bonchev–Trinajstić information content (AvgIpc) is 2.64. The Morgan fingerprint density at radius 2 is 2.29 bits per heavy atom. The fourth-order valence-corrected chi connectivity index (χ4v) is 1.02. The zero-order valence-corrected chi connectivity index (χ0v) is 8.15. The number of hydrogen-bond donors (Lipinski definition) is 1. The van der Waals surface area contributed by atoms with Gasteiger partial charge in [-0.15, -0.1) is 0 Å². The van der Waals surface area contributed by atoms with Gasteiger partial charge in [-0.1, -0.05) is 0 Å².